The van der Waals surface area contributed by atoms with Gasteiger partial charge in [0, 0.05) is 6.04 Å². The van der Waals surface area contributed by atoms with Crippen LogP contribution in [0.25, 0.3) is 0 Å². The minimum absolute atomic E-state index is 0.365. The van der Waals surface area contributed by atoms with Crippen LogP contribution in [0.1, 0.15) is 32.6 Å². The van der Waals surface area contributed by atoms with E-state index in [1.54, 1.807) is 0 Å². The van der Waals surface area contributed by atoms with Gasteiger partial charge in [-0.15, -0.1) is 0 Å². The van der Waals surface area contributed by atoms with Crippen molar-refractivity contribution in [2.45, 2.75) is 44.2 Å². The highest BCUT2D eigenvalue weighted by Gasteiger charge is 2.43. The number of carbonyl (C=O) groups is 1. The van der Waals surface area contributed by atoms with E-state index in [0.29, 0.717) is 6.04 Å². The molecular formula is C11H19NO2S. The van der Waals surface area contributed by atoms with Crippen LogP contribution >= 0.6 is 11.8 Å². The number of hydrogen-bond acceptors (Lipinski definition) is 3. The molecule has 2 fully saturated rings. The molecule has 1 heterocycles. The monoisotopic (exact) mass is 229 g/mol. The maximum atomic E-state index is 11.4. The highest BCUT2D eigenvalue weighted by atomic mass is 32.2. The third kappa shape index (κ3) is 2.48. The summed E-state index contributed by atoms with van der Waals surface area (Å²) in [5.74, 6) is 2.00. The minimum atomic E-state index is -0.657. The lowest BCUT2D eigenvalue weighted by molar-refractivity contribution is -0.145. The highest BCUT2D eigenvalue weighted by molar-refractivity contribution is 7.99. The molecule has 0 amide bonds. The summed E-state index contributed by atoms with van der Waals surface area (Å²) < 4.78 is 0. The van der Waals surface area contributed by atoms with Gasteiger partial charge >= 0.3 is 5.97 Å². The van der Waals surface area contributed by atoms with Gasteiger partial charge in [-0.1, -0.05) is 0 Å². The SMILES string of the molecule is CC(NC1(C(=O)O)CCSCC1)C1CC1. The molecule has 2 aliphatic rings. The number of carboxylic acids is 1. The zero-order chi connectivity index (χ0) is 10.9. The van der Waals surface area contributed by atoms with Crippen LogP contribution in [0.5, 0.6) is 0 Å². The average molecular weight is 229 g/mol. The quantitative estimate of drug-likeness (QED) is 0.770. The van der Waals surface area contributed by atoms with Crippen LogP contribution in [-0.4, -0.2) is 34.2 Å². The van der Waals surface area contributed by atoms with Crippen molar-refractivity contribution in [2.24, 2.45) is 5.92 Å². The number of aliphatic carboxylic acids is 1. The summed E-state index contributed by atoms with van der Waals surface area (Å²) in [5.41, 5.74) is -0.632. The molecule has 1 aliphatic carbocycles. The van der Waals surface area contributed by atoms with E-state index in [-0.39, 0.29) is 0 Å². The van der Waals surface area contributed by atoms with E-state index in [1.807, 2.05) is 11.8 Å². The van der Waals surface area contributed by atoms with E-state index < -0.39 is 11.5 Å². The molecule has 2 N–H and O–H groups in total. The fourth-order valence-corrected chi connectivity index (χ4v) is 3.48. The van der Waals surface area contributed by atoms with Crippen LogP contribution in [0, 0.1) is 5.92 Å². The van der Waals surface area contributed by atoms with Gasteiger partial charge in [0.2, 0.25) is 0 Å². The zero-order valence-electron chi connectivity index (χ0n) is 9.16. The largest absolute Gasteiger partial charge is 0.480 e. The van der Waals surface area contributed by atoms with Gasteiger partial charge in [-0.2, -0.15) is 11.8 Å². The minimum Gasteiger partial charge on any atom is -0.480 e. The van der Waals surface area contributed by atoms with E-state index in [0.717, 1.165) is 30.3 Å². The number of hydrogen-bond donors (Lipinski definition) is 2. The van der Waals surface area contributed by atoms with Crippen LogP contribution in [0.3, 0.4) is 0 Å². The molecule has 1 saturated carbocycles. The first-order valence-electron chi connectivity index (χ1n) is 5.73. The molecule has 4 heteroatoms. The average Bonchev–Trinajstić information content (AvgIpc) is 3.02. The summed E-state index contributed by atoms with van der Waals surface area (Å²) in [6.07, 6.45) is 4.06. The number of nitrogens with one attached hydrogen (secondary N) is 1. The lowest BCUT2D eigenvalue weighted by atomic mass is 9.91. The summed E-state index contributed by atoms with van der Waals surface area (Å²) in [6.45, 7) is 2.13. The van der Waals surface area contributed by atoms with Crippen molar-refractivity contribution in [3.05, 3.63) is 0 Å². The smallest absolute Gasteiger partial charge is 0.323 e. The predicted molar refractivity (Wildman–Crippen MR) is 62.2 cm³/mol. The van der Waals surface area contributed by atoms with Crippen LogP contribution in [0.15, 0.2) is 0 Å². The van der Waals surface area contributed by atoms with Gasteiger partial charge in [0.15, 0.2) is 0 Å². The van der Waals surface area contributed by atoms with Gasteiger partial charge in [0.1, 0.15) is 5.54 Å². The van der Waals surface area contributed by atoms with E-state index in [1.165, 1.54) is 12.8 Å². The molecule has 0 spiro atoms. The Morgan fingerprint density at radius 3 is 2.53 bits per heavy atom. The molecule has 0 aromatic heterocycles. The van der Waals surface area contributed by atoms with Gasteiger partial charge in [0.05, 0.1) is 0 Å². The van der Waals surface area contributed by atoms with Crippen molar-refractivity contribution in [1.29, 1.82) is 0 Å². The summed E-state index contributed by atoms with van der Waals surface area (Å²) >= 11 is 1.86. The Hall–Kier alpha value is -0.220. The van der Waals surface area contributed by atoms with Crippen LogP contribution in [0.2, 0.25) is 0 Å². The predicted octanol–water partition coefficient (Wildman–Crippen LogP) is 1.72. The number of thioether (sulfide) groups is 1. The second-order valence-corrected chi connectivity index (χ2v) is 5.99. The highest BCUT2D eigenvalue weighted by Crippen LogP contribution is 2.35. The van der Waals surface area contributed by atoms with E-state index in [2.05, 4.69) is 12.2 Å². The first-order valence-corrected chi connectivity index (χ1v) is 6.88. The summed E-state index contributed by atoms with van der Waals surface area (Å²) in [4.78, 5) is 11.4. The summed E-state index contributed by atoms with van der Waals surface area (Å²) in [7, 11) is 0. The first kappa shape index (κ1) is 11.3. The fourth-order valence-electron chi connectivity index (χ4n) is 2.29. The molecule has 1 atom stereocenters. The van der Waals surface area contributed by atoms with Crippen molar-refractivity contribution >= 4 is 17.7 Å². The standard InChI is InChI=1S/C11H19NO2S/c1-8(9-2-3-9)12-11(10(13)14)4-6-15-7-5-11/h8-9,12H,2-7H2,1H3,(H,13,14). The van der Waals surface area contributed by atoms with Gasteiger partial charge < -0.3 is 5.11 Å². The Labute approximate surface area is 95.0 Å². The van der Waals surface area contributed by atoms with E-state index >= 15 is 0 Å². The van der Waals surface area contributed by atoms with Crippen molar-refractivity contribution in [3.63, 3.8) is 0 Å². The van der Waals surface area contributed by atoms with Gasteiger partial charge in [-0.05, 0) is 50.0 Å². The van der Waals surface area contributed by atoms with E-state index in [9.17, 15) is 9.90 Å². The molecule has 3 nitrogen and oxygen atoms in total. The Bertz CT molecular complexity index is 247. The van der Waals surface area contributed by atoms with E-state index in [4.69, 9.17) is 0 Å². The van der Waals surface area contributed by atoms with Gasteiger partial charge in [-0.25, -0.2) is 0 Å². The van der Waals surface area contributed by atoms with Gasteiger partial charge in [-0.3, -0.25) is 10.1 Å². The summed E-state index contributed by atoms with van der Waals surface area (Å²) in [5, 5.41) is 12.7. The maximum absolute atomic E-state index is 11.4. The second-order valence-electron chi connectivity index (χ2n) is 4.77. The maximum Gasteiger partial charge on any atom is 0.323 e. The molecule has 0 bridgehead atoms. The van der Waals surface area contributed by atoms with Crippen LogP contribution < -0.4 is 5.32 Å². The number of rotatable bonds is 4. The third-order valence-electron chi connectivity index (χ3n) is 3.59. The van der Waals surface area contributed by atoms with Crippen LogP contribution in [-0.2, 0) is 4.79 Å². The summed E-state index contributed by atoms with van der Waals surface area (Å²) in [6, 6.07) is 0.365. The first-order chi connectivity index (χ1) is 7.14. The molecular weight excluding hydrogens is 210 g/mol. The Morgan fingerprint density at radius 1 is 1.47 bits per heavy atom. The molecule has 0 aromatic rings. The molecule has 1 unspecified atom stereocenters. The topological polar surface area (TPSA) is 49.3 Å². The Morgan fingerprint density at radius 2 is 2.07 bits per heavy atom. The van der Waals surface area contributed by atoms with Gasteiger partial charge in [0.25, 0.3) is 0 Å². The third-order valence-corrected chi connectivity index (χ3v) is 4.57. The fraction of sp³-hybridized carbons (Fsp3) is 0.909. The normalized spacial score (nSPS) is 27.3. The van der Waals surface area contributed by atoms with Crippen LogP contribution in [0.4, 0.5) is 0 Å². The number of carboxylic acid groups (broad SMARTS) is 1. The van der Waals surface area contributed by atoms with Crippen molar-refractivity contribution < 1.29 is 9.90 Å². The molecule has 1 aliphatic heterocycles. The lowest BCUT2D eigenvalue weighted by Gasteiger charge is -2.36. The zero-order valence-corrected chi connectivity index (χ0v) is 9.98. The lowest BCUT2D eigenvalue weighted by Crippen LogP contribution is -2.57. The Balaban J connectivity index is 2.00. The van der Waals surface area contributed by atoms with Crippen molar-refractivity contribution in [1.82, 2.24) is 5.32 Å². The van der Waals surface area contributed by atoms with Crippen molar-refractivity contribution in [2.75, 3.05) is 11.5 Å². The van der Waals surface area contributed by atoms with Crippen molar-refractivity contribution in [3.8, 4) is 0 Å². The Kier molecular flexibility index (Phi) is 3.26. The molecule has 15 heavy (non-hydrogen) atoms. The molecule has 2 rings (SSSR count). The second kappa shape index (κ2) is 4.34. The molecule has 0 radical (unpaired) electrons. The molecule has 86 valence electrons. The molecule has 1 saturated heterocycles. The molecule has 0 aromatic carbocycles.